The summed E-state index contributed by atoms with van der Waals surface area (Å²) in [5.41, 5.74) is 6.47. The monoisotopic (exact) mass is 282 g/mol. The fraction of sp³-hybridized carbons (Fsp3) is 0.600. The van der Waals surface area contributed by atoms with Crippen LogP contribution >= 0.6 is 0 Å². The van der Waals surface area contributed by atoms with E-state index in [0.29, 0.717) is 36.1 Å². The molecule has 0 aliphatic heterocycles. The van der Waals surface area contributed by atoms with E-state index in [1.54, 1.807) is 26.4 Å². The van der Waals surface area contributed by atoms with E-state index in [1.807, 2.05) is 6.92 Å². The molecule has 5 heteroatoms. The van der Waals surface area contributed by atoms with Crippen LogP contribution in [-0.2, 0) is 0 Å². The largest absolute Gasteiger partial charge is 0.493 e. The van der Waals surface area contributed by atoms with E-state index in [-0.39, 0.29) is 0 Å². The van der Waals surface area contributed by atoms with Gasteiger partial charge in [-0.3, -0.25) is 0 Å². The van der Waals surface area contributed by atoms with Crippen LogP contribution in [0.3, 0.4) is 0 Å². The van der Waals surface area contributed by atoms with E-state index >= 15 is 0 Å². The van der Waals surface area contributed by atoms with Crippen molar-refractivity contribution >= 4 is 11.4 Å². The van der Waals surface area contributed by atoms with Gasteiger partial charge in [-0.2, -0.15) is 0 Å². The molecule has 1 aromatic rings. The summed E-state index contributed by atoms with van der Waals surface area (Å²) in [6.07, 6.45) is 0.715. The van der Waals surface area contributed by atoms with E-state index in [1.165, 1.54) is 0 Å². The molecule has 114 valence electrons. The van der Waals surface area contributed by atoms with Crippen LogP contribution in [0.4, 0.5) is 11.4 Å². The molecule has 1 aromatic carbocycles. The highest BCUT2D eigenvalue weighted by Crippen LogP contribution is 2.35. The molecule has 0 aromatic heterocycles. The second-order valence-electron chi connectivity index (χ2n) is 5.74. The molecule has 0 amide bonds. The van der Waals surface area contributed by atoms with E-state index in [0.717, 1.165) is 5.69 Å². The van der Waals surface area contributed by atoms with Gasteiger partial charge in [-0.25, -0.2) is 0 Å². The van der Waals surface area contributed by atoms with Gasteiger partial charge in [0.25, 0.3) is 0 Å². The lowest BCUT2D eigenvalue weighted by molar-refractivity contribution is 0.0515. The Labute approximate surface area is 121 Å². The lowest BCUT2D eigenvalue weighted by atomic mass is 9.94. The van der Waals surface area contributed by atoms with Crippen molar-refractivity contribution in [2.24, 2.45) is 5.92 Å². The van der Waals surface area contributed by atoms with Crippen LogP contribution in [0.1, 0.15) is 27.2 Å². The van der Waals surface area contributed by atoms with E-state index < -0.39 is 5.60 Å². The molecule has 1 atom stereocenters. The Balaban J connectivity index is 2.82. The van der Waals surface area contributed by atoms with Crippen molar-refractivity contribution in [3.63, 3.8) is 0 Å². The van der Waals surface area contributed by atoms with Crippen LogP contribution in [0.15, 0.2) is 12.1 Å². The Hall–Kier alpha value is -1.62. The zero-order valence-corrected chi connectivity index (χ0v) is 13.0. The van der Waals surface area contributed by atoms with Crippen molar-refractivity contribution < 1.29 is 14.6 Å². The summed E-state index contributed by atoms with van der Waals surface area (Å²) < 4.78 is 10.4. The molecular weight excluding hydrogens is 256 g/mol. The highest BCUT2D eigenvalue weighted by atomic mass is 16.5. The molecule has 5 nitrogen and oxygen atoms in total. The molecule has 0 aliphatic rings. The van der Waals surface area contributed by atoms with E-state index in [4.69, 9.17) is 15.2 Å². The predicted molar refractivity (Wildman–Crippen MR) is 82.5 cm³/mol. The fourth-order valence-corrected chi connectivity index (χ4v) is 2.29. The number of nitrogen functional groups attached to an aromatic ring is 1. The first-order valence-corrected chi connectivity index (χ1v) is 6.77. The Morgan fingerprint density at radius 1 is 1.25 bits per heavy atom. The van der Waals surface area contributed by atoms with Gasteiger partial charge in [-0.05, 0) is 19.3 Å². The molecule has 1 rings (SSSR count). The molecule has 1 unspecified atom stereocenters. The van der Waals surface area contributed by atoms with Crippen LogP contribution < -0.4 is 20.5 Å². The molecule has 0 aliphatic carbocycles. The molecule has 0 saturated carbocycles. The predicted octanol–water partition coefficient (Wildman–Crippen LogP) is 2.50. The summed E-state index contributed by atoms with van der Waals surface area (Å²) >= 11 is 0. The molecule has 4 N–H and O–H groups in total. The normalized spacial score (nSPS) is 13.9. The van der Waals surface area contributed by atoms with Crippen LogP contribution in [0.25, 0.3) is 0 Å². The van der Waals surface area contributed by atoms with Crippen LogP contribution in [-0.4, -0.2) is 31.5 Å². The Morgan fingerprint density at radius 3 is 2.30 bits per heavy atom. The minimum Gasteiger partial charge on any atom is -0.493 e. The van der Waals surface area contributed by atoms with Crippen LogP contribution in [0, 0.1) is 5.92 Å². The van der Waals surface area contributed by atoms with Crippen molar-refractivity contribution in [1.29, 1.82) is 0 Å². The summed E-state index contributed by atoms with van der Waals surface area (Å²) in [6, 6.07) is 3.48. The first-order chi connectivity index (χ1) is 9.29. The van der Waals surface area contributed by atoms with Crippen molar-refractivity contribution in [2.45, 2.75) is 32.8 Å². The third-order valence-electron chi connectivity index (χ3n) is 3.06. The number of hydrogen-bond acceptors (Lipinski definition) is 5. The molecule has 0 fully saturated rings. The zero-order valence-electron chi connectivity index (χ0n) is 13.0. The van der Waals surface area contributed by atoms with Crippen molar-refractivity contribution in [1.82, 2.24) is 0 Å². The fourth-order valence-electron chi connectivity index (χ4n) is 2.29. The smallest absolute Gasteiger partial charge is 0.162 e. The summed E-state index contributed by atoms with van der Waals surface area (Å²) in [4.78, 5) is 0. The second-order valence-corrected chi connectivity index (χ2v) is 5.74. The topological polar surface area (TPSA) is 76.7 Å². The number of benzene rings is 1. The lowest BCUT2D eigenvalue weighted by Gasteiger charge is -2.26. The quantitative estimate of drug-likeness (QED) is 0.670. The van der Waals surface area contributed by atoms with Crippen molar-refractivity contribution in [3.8, 4) is 11.5 Å². The molecule has 0 heterocycles. The third-order valence-corrected chi connectivity index (χ3v) is 3.06. The maximum absolute atomic E-state index is 10.3. The van der Waals surface area contributed by atoms with Gasteiger partial charge in [0.2, 0.25) is 0 Å². The minimum absolute atomic E-state index is 0.421. The second kappa shape index (κ2) is 6.70. The number of ether oxygens (including phenoxy) is 2. The molecule has 20 heavy (non-hydrogen) atoms. The number of nitrogens with one attached hydrogen (secondary N) is 1. The minimum atomic E-state index is -0.784. The molecule has 0 saturated heterocycles. The van der Waals surface area contributed by atoms with Gasteiger partial charge in [0.15, 0.2) is 11.5 Å². The van der Waals surface area contributed by atoms with Crippen LogP contribution in [0.5, 0.6) is 11.5 Å². The van der Waals surface area contributed by atoms with Crippen LogP contribution in [0.2, 0.25) is 0 Å². The van der Waals surface area contributed by atoms with Gasteiger partial charge < -0.3 is 25.6 Å². The number of rotatable bonds is 7. The SMILES string of the molecule is COc1cc(N)c(NCC(C)(O)CC(C)C)cc1OC. The molecule has 0 radical (unpaired) electrons. The average molecular weight is 282 g/mol. The van der Waals surface area contributed by atoms with E-state index in [9.17, 15) is 5.11 Å². The average Bonchev–Trinajstić information content (AvgIpc) is 2.35. The summed E-state index contributed by atoms with van der Waals surface area (Å²) in [6.45, 7) is 6.40. The Morgan fingerprint density at radius 2 is 1.80 bits per heavy atom. The lowest BCUT2D eigenvalue weighted by Crippen LogP contribution is -2.35. The Kier molecular flexibility index (Phi) is 5.51. The summed E-state index contributed by atoms with van der Waals surface area (Å²) in [5, 5.41) is 13.5. The maximum Gasteiger partial charge on any atom is 0.162 e. The molecule has 0 bridgehead atoms. The van der Waals surface area contributed by atoms with Gasteiger partial charge in [-0.1, -0.05) is 13.8 Å². The van der Waals surface area contributed by atoms with E-state index in [2.05, 4.69) is 19.2 Å². The van der Waals surface area contributed by atoms with Gasteiger partial charge in [0.05, 0.1) is 31.2 Å². The summed E-state index contributed by atoms with van der Waals surface area (Å²) in [7, 11) is 3.14. The number of nitrogens with two attached hydrogens (primary N) is 1. The van der Waals surface area contributed by atoms with Crippen molar-refractivity contribution in [2.75, 3.05) is 31.8 Å². The number of methoxy groups -OCH3 is 2. The van der Waals surface area contributed by atoms with Gasteiger partial charge >= 0.3 is 0 Å². The number of hydrogen-bond donors (Lipinski definition) is 3. The first-order valence-electron chi connectivity index (χ1n) is 6.77. The number of aliphatic hydroxyl groups is 1. The third kappa shape index (κ3) is 4.49. The van der Waals surface area contributed by atoms with Crippen molar-refractivity contribution in [3.05, 3.63) is 12.1 Å². The first kappa shape index (κ1) is 16.4. The molecular formula is C15H26N2O3. The van der Waals surface area contributed by atoms with Gasteiger partial charge in [0.1, 0.15) is 0 Å². The Bertz CT molecular complexity index is 445. The highest BCUT2D eigenvalue weighted by molar-refractivity contribution is 5.72. The maximum atomic E-state index is 10.3. The zero-order chi connectivity index (χ0) is 15.3. The number of anilines is 2. The standard InChI is InChI=1S/C15H26N2O3/c1-10(2)8-15(3,18)9-17-12-7-14(20-5)13(19-4)6-11(12)16/h6-7,10,17-18H,8-9,16H2,1-5H3. The van der Waals surface area contributed by atoms with Gasteiger partial charge in [-0.15, -0.1) is 0 Å². The highest BCUT2D eigenvalue weighted by Gasteiger charge is 2.22. The molecule has 0 spiro atoms. The van der Waals surface area contributed by atoms with Gasteiger partial charge in [0, 0.05) is 18.7 Å². The summed E-state index contributed by atoms with van der Waals surface area (Å²) in [5.74, 6) is 1.62.